The Balaban J connectivity index is 1.56. The molecule has 0 saturated carbocycles. The number of ether oxygens (including phenoxy) is 1. The van der Waals surface area contributed by atoms with Gasteiger partial charge >= 0.3 is 0 Å². The first-order valence-electron chi connectivity index (χ1n) is 6.47. The molecule has 2 heterocycles. The predicted octanol–water partition coefficient (Wildman–Crippen LogP) is 1.24. The highest BCUT2D eigenvalue weighted by Crippen LogP contribution is 2.26. The van der Waals surface area contributed by atoms with Crippen LogP contribution in [0.5, 0.6) is 0 Å². The number of fused-ring (bicyclic) bond motifs is 2. The normalized spacial score (nSPS) is 31.0. The minimum absolute atomic E-state index is 0.553. The summed E-state index contributed by atoms with van der Waals surface area (Å²) >= 11 is 0. The standard InChI is InChI=1S/C12H24N2O/c1-2-13-7-3-4-8-14-9-11-5-6-12(10-14)15-11/h11-13H,2-10H2,1H3. The number of unbranched alkanes of at least 4 members (excludes halogenated alkanes) is 1. The molecule has 2 atom stereocenters. The minimum atomic E-state index is 0.553. The quantitative estimate of drug-likeness (QED) is 0.670. The second-order valence-corrected chi connectivity index (χ2v) is 4.78. The van der Waals surface area contributed by atoms with Crippen LogP contribution in [0.4, 0.5) is 0 Å². The Kier molecular flexibility index (Phi) is 4.42. The molecular weight excluding hydrogens is 188 g/mol. The highest BCUT2D eigenvalue weighted by atomic mass is 16.5. The van der Waals surface area contributed by atoms with E-state index in [0.717, 1.165) is 6.54 Å². The smallest absolute Gasteiger partial charge is 0.0707 e. The molecule has 88 valence electrons. The van der Waals surface area contributed by atoms with Crippen LogP contribution in [0, 0.1) is 0 Å². The maximum absolute atomic E-state index is 5.82. The van der Waals surface area contributed by atoms with E-state index in [1.165, 1.54) is 51.9 Å². The van der Waals surface area contributed by atoms with E-state index in [-0.39, 0.29) is 0 Å². The first-order chi connectivity index (χ1) is 7.38. The van der Waals surface area contributed by atoms with Gasteiger partial charge in [0, 0.05) is 13.1 Å². The zero-order valence-electron chi connectivity index (χ0n) is 9.87. The van der Waals surface area contributed by atoms with Crippen molar-refractivity contribution in [2.24, 2.45) is 0 Å². The zero-order valence-corrected chi connectivity index (χ0v) is 9.87. The molecule has 2 rings (SSSR count). The Morgan fingerprint density at radius 3 is 2.60 bits per heavy atom. The van der Waals surface area contributed by atoms with Crippen molar-refractivity contribution in [3.05, 3.63) is 0 Å². The second-order valence-electron chi connectivity index (χ2n) is 4.78. The molecule has 0 aromatic carbocycles. The molecule has 2 aliphatic rings. The zero-order chi connectivity index (χ0) is 10.5. The molecule has 2 fully saturated rings. The molecular formula is C12H24N2O. The molecule has 1 N–H and O–H groups in total. The Labute approximate surface area is 93.2 Å². The average molecular weight is 212 g/mol. The summed E-state index contributed by atoms with van der Waals surface area (Å²) in [6, 6.07) is 0. The number of likely N-dealkylation sites (tertiary alicyclic amines) is 1. The molecule has 2 aliphatic heterocycles. The molecule has 0 radical (unpaired) electrons. The van der Waals surface area contributed by atoms with Crippen LogP contribution >= 0.6 is 0 Å². The molecule has 0 aliphatic carbocycles. The SMILES string of the molecule is CCNCCCCN1CC2CCC(C1)O2. The number of rotatable bonds is 6. The Bertz CT molecular complexity index is 174. The number of hydrogen-bond donors (Lipinski definition) is 1. The molecule has 0 aromatic rings. The third-order valence-corrected chi connectivity index (χ3v) is 3.45. The van der Waals surface area contributed by atoms with E-state index in [1.54, 1.807) is 0 Å². The molecule has 0 aromatic heterocycles. The Morgan fingerprint density at radius 2 is 1.93 bits per heavy atom. The molecule has 2 unspecified atom stereocenters. The van der Waals surface area contributed by atoms with Gasteiger partial charge in [-0.25, -0.2) is 0 Å². The lowest BCUT2D eigenvalue weighted by Gasteiger charge is -2.32. The van der Waals surface area contributed by atoms with E-state index in [1.807, 2.05) is 0 Å². The Morgan fingerprint density at radius 1 is 1.20 bits per heavy atom. The van der Waals surface area contributed by atoms with Crippen LogP contribution in [-0.2, 0) is 4.74 Å². The van der Waals surface area contributed by atoms with Gasteiger partial charge in [0.25, 0.3) is 0 Å². The van der Waals surface area contributed by atoms with Crippen molar-refractivity contribution >= 4 is 0 Å². The van der Waals surface area contributed by atoms with Crippen molar-refractivity contribution in [1.29, 1.82) is 0 Å². The molecule has 2 saturated heterocycles. The van der Waals surface area contributed by atoms with Crippen molar-refractivity contribution in [3.8, 4) is 0 Å². The lowest BCUT2D eigenvalue weighted by Crippen LogP contribution is -2.42. The van der Waals surface area contributed by atoms with Crippen LogP contribution in [-0.4, -0.2) is 49.8 Å². The fraction of sp³-hybridized carbons (Fsp3) is 1.00. The predicted molar refractivity (Wildman–Crippen MR) is 62.1 cm³/mol. The van der Waals surface area contributed by atoms with Gasteiger partial charge in [-0.1, -0.05) is 6.92 Å². The fourth-order valence-corrected chi connectivity index (χ4v) is 2.64. The molecule has 2 bridgehead atoms. The summed E-state index contributed by atoms with van der Waals surface area (Å²) in [6.45, 7) is 8.06. The van der Waals surface area contributed by atoms with Gasteiger partial charge in [0.1, 0.15) is 0 Å². The molecule has 0 spiro atoms. The Hall–Kier alpha value is -0.120. The van der Waals surface area contributed by atoms with Crippen molar-refractivity contribution in [2.75, 3.05) is 32.7 Å². The van der Waals surface area contributed by atoms with Gasteiger partial charge in [-0.2, -0.15) is 0 Å². The van der Waals surface area contributed by atoms with E-state index < -0.39 is 0 Å². The molecule has 3 nitrogen and oxygen atoms in total. The number of hydrogen-bond acceptors (Lipinski definition) is 3. The number of nitrogens with zero attached hydrogens (tertiary/aromatic N) is 1. The van der Waals surface area contributed by atoms with Crippen LogP contribution in [0.15, 0.2) is 0 Å². The molecule has 3 heteroatoms. The summed E-state index contributed by atoms with van der Waals surface area (Å²) in [5.74, 6) is 0. The lowest BCUT2D eigenvalue weighted by atomic mass is 10.2. The largest absolute Gasteiger partial charge is 0.372 e. The van der Waals surface area contributed by atoms with Gasteiger partial charge in [0.2, 0.25) is 0 Å². The first-order valence-corrected chi connectivity index (χ1v) is 6.47. The van der Waals surface area contributed by atoms with Gasteiger partial charge in [0.05, 0.1) is 12.2 Å². The van der Waals surface area contributed by atoms with E-state index in [4.69, 9.17) is 4.74 Å². The third kappa shape index (κ3) is 3.44. The summed E-state index contributed by atoms with van der Waals surface area (Å²) < 4.78 is 5.82. The summed E-state index contributed by atoms with van der Waals surface area (Å²) in [6.07, 6.45) is 6.32. The van der Waals surface area contributed by atoms with Gasteiger partial charge in [-0.3, -0.25) is 4.90 Å². The fourth-order valence-electron chi connectivity index (χ4n) is 2.64. The minimum Gasteiger partial charge on any atom is -0.372 e. The van der Waals surface area contributed by atoms with Crippen molar-refractivity contribution in [1.82, 2.24) is 10.2 Å². The van der Waals surface area contributed by atoms with E-state index in [0.29, 0.717) is 12.2 Å². The van der Waals surface area contributed by atoms with Crippen LogP contribution in [0.3, 0.4) is 0 Å². The summed E-state index contributed by atoms with van der Waals surface area (Å²) in [5.41, 5.74) is 0. The summed E-state index contributed by atoms with van der Waals surface area (Å²) in [5, 5.41) is 3.37. The van der Waals surface area contributed by atoms with Crippen molar-refractivity contribution in [2.45, 2.75) is 44.8 Å². The van der Waals surface area contributed by atoms with Crippen LogP contribution < -0.4 is 5.32 Å². The monoisotopic (exact) mass is 212 g/mol. The summed E-state index contributed by atoms with van der Waals surface area (Å²) in [7, 11) is 0. The maximum atomic E-state index is 5.82. The van der Waals surface area contributed by atoms with Gasteiger partial charge in [-0.15, -0.1) is 0 Å². The van der Waals surface area contributed by atoms with Gasteiger partial charge < -0.3 is 10.1 Å². The first kappa shape index (κ1) is 11.4. The van der Waals surface area contributed by atoms with E-state index in [9.17, 15) is 0 Å². The maximum Gasteiger partial charge on any atom is 0.0707 e. The second kappa shape index (κ2) is 5.83. The molecule has 15 heavy (non-hydrogen) atoms. The number of morpholine rings is 1. The lowest BCUT2D eigenvalue weighted by molar-refractivity contribution is -0.0384. The average Bonchev–Trinajstić information content (AvgIpc) is 2.58. The van der Waals surface area contributed by atoms with E-state index >= 15 is 0 Å². The molecule has 0 amide bonds. The summed E-state index contributed by atoms with van der Waals surface area (Å²) in [4.78, 5) is 2.60. The van der Waals surface area contributed by atoms with Crippen molar-refractivity contribution < 1.29 is 4.74 Å². The number of nitrogens with one attached hydrogen (secondary N) is 1. The van der Waals surface area contributed by atoms with E-state index in [2.05, 4.69) is 17.1 Å². The van der Waals surface area contributed by atoms with Crippen LogP contribution in [0.2, 0.25) is 0 Å². The third-order valence-electron chi connectivity index (χ3n) is 3.45. The van der Waals surface area contributed by atoms with Gasteiger partial charge in [-0.05, 0) is 45.3 Å². The van der Waals surface area contributed by atoms with Crippen LogP contribution in [0.25, 0.3) is 0 Å². The highest BCUT2D eigenvalue weighted by Gasteiger charge is 2.32. The van der Waals surface area contributed by atoms with Crippen molar-refractivity contribution in [3.63, 3.8) is 0 Å². The van der Waals surface area contributed by atoms with Crippen LogP contribution in [0.1, 0.15) is 32.6 Å². The highest BCUT2D eigenvalue weighted by molar-refractivity contribution is 4.84. The topological polar surface area (TPSA) is 24.5 Å². The van der Waals surface area contributed by atoms with Gasteiger partial charge in [0.15, 0.2) is 0 Å².